The quantitative estimate of drug-likeness (QED) is 0.890. The molecule has 2 rings (SSSR count). The fourth-order valence-electron chi connectivity index (χ4n) is 3.35. The molecule has 1 aromatic rings. The monoisotopic (exact) mass is 315 g/mol. The summed E-state index contributed by atoms with van der Waals surface area (Å²) >= 11 is 12.3. The maximum atomic E-state index is 6.48. The van der Waals surface area contributed by atoms with Crippen molar-refractivity contribution >= 4 is 23.2 Å². The molecule has 0 spiro atoms. The standard InChI is InChI=1S/C16H23Cl2NO/c1-11-5-4-8-16(10-11,20-2)14(19)9-12-6-3-7-13(17)15(12)18/h3,6-7,11,14H,4-5,8-10,19H2,1-2H3. The molecule has 1 saturated carbocycles. The normalized spacial score (nSPS) is 28.4. The Labute approximate surface area is 131 Å². The molecule has 2 N–H and O–H groups in total. The predicted octanol–water partition coefficient (Wildman–Crippen LogP) is 4.46. The van der Waals surface area contributed by atoms with E-state index in [0.29, 0.717) is 22.4 Å². The van der Waals surface area contributed by atoms with Crippen LogP contribution < -0.4 is 5.73 Å². The third-order valence-electron chi connectivity index (χ3n) is 4.54. The van der Waals surface area contributed by atoms with E-state index in [0.717, 1.165) is 18.4 Å². The number of benzene rings is 1. The lowest BCUT2D eigenvalue weighted by molar-refractivity contribution is -0.0705. The van der Waals surface area contributed by atoms with Crippen molar-refractivity contribution in [2.75, 3.05) is 7.11 Å². The first-order valence-corrected chi connectivity index (χ1v) is 7.98. The Morgan fingerprint density at radius 1 is 1.45 bits per heavy atom. The van der Waals surface area contributed by atoms with Crippen molar-refractivity contribution in [1.82, 2.24) is 0 Å². The molecule has 4 heteroatoms. The van der Waals surface area contributed by atoms with Crippen LogP contribution in [0.4, 0.5) is 0 Å². The van der Waals surface area contributed by atoms with Crippen molar-refractivity contribution < 1.29 is 4.74 Å². The molecule has 1 aromatic carbocycles. The lowest BCUT2D eigenvalue weighted by atomic mass is 9.73. The number of hydrogen-bond acceptors (Lipinski definition) is 2. The fourth-order valence-corrected chi connectivity index (χ4v) is 3.74. The Balaban J connectivity index is 2.17. The van der Waals surface area contributed by atoms with Gasteiger partial charge in [0.1, 0.15) is 0 Å². The molecule has 0 amide bonds. The van der Waals surface area contributed by atoms with Gasteiger partial charge in [-0.3, -0.25) is 0 Å². The first-order valence-electron chi connectivity index (χ1n) is 7.22. The minimum absolute atomic E-state index is 0.0637. The van der Waals surface area contributed by atoms with Crippen LogP contribution in [0.3, 0.4) is 0 Å². The molecule has 20 heavy (non-hydrogen) atoms. The highest BCUT2D eigenvalue weighted by molar-refractivity contribution is 6.42. The van der Waals surface area contributed by atoms with Gasteiger partial charge in [-0.05, 0) is 36.8 Å². The topological polar surface area (TPSA) is 35.2 Å². The summed E-state index contributed by atoms with van der Waals surface area (Å²) in [5.41, 5.74) is 7.25. The summed E-state index contributed by atoms with van der Waals surface area (Å²) in [4.78, 5) is 0. The Hall–Kier alpha value is -0.280. The van der Waals surface area contributed by atoms with Crippen LogP contribution in [0.2, 0.25) is 10.0 Å². The van der Waals surface area contributed by atoms with E-state index >= 15 is 0 Å². The smallest absolute Gasteiger partial charge is 0.0834 e. The van der Waals surface area contributed by atoms with Gasteiger partial charge in [0.2, 0.25) is 0 Å². The van der Waals surface area contributed by atoms with Crippen molar-refractivity contribution in [1.29, 1.82) is 0 Å². The average molecular weight is 316 g/mol. The van der Waals surface area contributed by atoms with Gasteiger partial charge in [0.15, 0.2) is 0 Å². The van der Waals surface area contributed by atoms with Gasteiger partial charge >= 0.3 is 0 Å². The lowest BCUT2D eigenvalue weighted by Crippen LogP contribution is -2.53. The number of halogens is 2. The summed E-state index contributed by atoms with van der Waals surface area (Å²) in [5.74, 6) is 0.657. The number of methoxy groups -OCH3 is 1. The number of ether oxygens (including phenoxy) is 1. The molecule has 1 aliphatic rings. The summed E-state index contributed by atoms with van der Waals surface area (Å²) in [6, 6.07) is 5.64. The highest BCUT2D eigenvalue weighted by Crippen LogP contribution is 2.38. The van der Waals surface area contributed by atoms with Crippen molar-refractivity contribution in [3.05, 3.63) is 33.8 Å². The molecule has 1 aliphatic carbocycles. The van der Waals surface area contributed by atoms with Gasteiger partial charge in [-0.2, -0.15) is 0 Å². The molecular weight excluding hydrogens is 293 g/mol. The second-order valence-electron chi connectivity index (χ2n) is 5.99. The third-order valence-corrected chi connectivity index (χ3v) is 5.40. The summed E-state index contributed by atoms with van der Waals surface area (Å²) in [7, 11) is 1.78. The maximum absolute atomic E-state index is 6.48. The van der Waals surface area contributed by atoms with Crippen molar-refractivity contribution in [3.8, 4) is 0 Å². The molecule has 3 unspecified atom stereocenters. The summed E-state index contributed by atoms with van der Waals surface area (Å²) < 4.78 is 5.85. The predicted molar refractivity (Wildman–Crippen MR) is 85.5 cm³/mol. The van der Waals surface area contributed by atoms with Crippen LogP contribution in [0.1, 0.15) is 38.2 Å². The van der Waals surface area contributed by atoms with E-state index in [1.165, 1.54) is 12.8 Å². The number of nitrogens with two attached hydrogens (primary N) is 1. The fraction of sp³-hybridized carbons (Fsp3) is 0.625. The molecule has 112 valence electrons. The van der Waals surface area contributed by atoms with Crippen LogP contribution in [-0.4, -0.2) is 18.8 Å². The zero-order chi connectivity index (χ0) is 14.8. The molecule has 0 bridgehead atoms. The molecule has 2 nitrogen and oxygen atoms in total. The van der Waals surface area contributed by atoms with Gasteiger partial charge < -0.3 is 10.5 Å². The van der Waals surface area contributed by atoms with Gasteiger partial charge in [0, 0.05) is 13.2 Å². The SMILES string of the molecule is COC1(C(N)Cc2cccc(Cl)c2Cl)CCCC(C)C1. The number of rotatable bonds is 4. The van der Waals surface area contributed by atoms with E-state index in [9.17, 15) is 0 Å². The van der Waals surface area contributed by atoms with Gasteiger partial charge in [0.25, 0.3) is 0 Å². The van der Waals surface area contributed by atoms with Gasteiger partial charge in [-0.25, -0.2) is 0 Å². The average Bonchev–Trinajstić information content (AvgIpc) is 2.43. The third kappa shape index (κ3) is 3.30. The molecule has 0 radical (unpaired) electrons. The highest BCUT2D eigenvalue weighted by Gasteiger charge is 2.40. The second kappa shape index (κ2) is 6.65. The lowest BCUT2D eigenvalue weighted by Gasteiger charge is -2.43. The second-order valence-corrected chi connectivity index (χ2v) is 6.78. The minimum atomic E-state index is -0.233. The van der Waals surface area contributed by atoms with Crippen LogP contribution in [0, 0.1) is 5.92 Å². The van der Waals surface area contributed by atoms with E-state index in [2.05, 4.69) is 6.92 Å². The molecule has 3 atom stereocenters. The van der Waals surface area contributed by atoms with Gasteiger partial charge in [-0.1, -0.05) is 55.1 Å². The van der Waals surface area contributed by atoms with Crippen LogP contribution in [0.25, 0.3) is 0 Å². The summed E-state index contributed by atoms with van der Waals surface area (Å²) in [6.07, 6.45) is 5.16. The van der Waals surface area contributed by atoms with E-state index in [1.807, 2.05) is 12.1 Å². The first-order chi connectivity index (χ1) is 9.48. The Kier molecular flexibility index (Phi) is 5.36. The Morgan fingerprint density at radius 3 is 2.85 bits per heavy atom. The summed E-state index contributed by atoms with van der Waals surface area (Å²) in [5, 5.41) is 1.19. The van der Waals surface area contributed by atoms with Crippen LogP contribution in [0.5, 0.6) is 0 Å². The molecule has 0 heterocycles. The molecular formula is C16H23Cl2NO. The van der Waals surface area contributed by atoms with E-state index in [-0.39, 0.29) is 11.6 Å². The number of hydrogen-bond donors (Lipinski definition) is 1. The van der Waals surface area contributed by atoms with Crippen LogP contribution >= 0.6 is 23.2 Å². The first kappa shape index (κ1) is 16.1. The van der Waals surface area contributed by atoms with E-state index in [4.69, 9.17) is 33.7 Å². The van der Waals surface area contributed by atoms with Crippen LogP contribution in [-0.2, 0) is 11.2 Å². The van der Waals surface area contributed by atoms with Crippen LogP contribution in [0.15, 0.2) is 18.2 Å². The van der Waals surface area contributed by atoms with E-state index < -0.39 is 0 Å². The zero-order valence-electron chi connectivity index (χ0n) is 12.2. The Morgan fingerprint density at radius 2 is 2.20 bits per heavy atom. The van der Waals surface area contributed by atoms with Crippen molar-refractivity contribution in [3.63, 3.8) is 0 Å². The zero-order valence-corrected chi connectivity index (χ0v) is 13.7. The molecule has 0 aromatic heterocycles. The largest absolute Gasteiger partial charge is 0.377 e. The highest BCUT2D eigenvalue weighted by atomic mass is 35.5. The Bertz CT molecular complexity index is 466. The van der Waals surface area contributed by atoms with E-state index in [1.54, 1.807) is 13.2 Å². The summed E-state index contributed by atoms with van der Waals surface area (Å²) in [6.45, 7) is 2.27. The van der Waals surface area contributed by atoms with Gasteiger partial charge in [0.05, 0.1) is 15.6 Å². The molecule has 0 saturated heterocycles. The molecule has 0 aliphatic heterocycles. The molecule has 1 fully saturated rings. The maximum Gasteiger partial charge on any atom is 0.0834 e. The van der Waals surface area contributed by atoms with Crippen molar-refractivity contribution in [2.45, 2.75) is 50.7 Å². The minimum Gasteiger partial charge on any atom is -0.377 e. The van der Waals surface area contributed by atoms with Gasteiger partial charge in [-0.15, -0.1) is 0 Å². The van der Waals surface area contributed by atoms with Crippen molar-refractivity contribution in [2.24, 2.45) is 11.7 Å².